The molecule has 2 aromatic heterocycles. The molecule has 3 aromatic rings. The number of nitrogens with zero attached hydrogens (tertiary/aromatic N) is 3. The van der Waals surface area contributed by atoms with E-state index in [-0.39, 0.29) is 0 Å². The van der Waals surface area contributed by atoms with Gasteiger partial charge in [-0.05, 0) is 38.1 Å². The Morgan fingerprint density at radius 1 is 1.23 bits per heavy atom. The van der Waals surface area contributed by atoms with Crippen LogP contribution in [0.3, 0.4) is 0 Å². The van der Waals surface area contributed by atoms with Gasteiger partial charge in [-0.1, -0.05) is 31.2 Å². The first-order chi connectivity index (χ1) is 15.0. The SMILES string of the molecule is CCN1CCc2nc3ccccc3c(C(=O)OC(C)C(=O)Nc3ncccc3C)c2C1. The Labute approximate surface area is 181 Å². The summed E-state index contributed by atoms with van der Waals surface area (Å²) in [6.07, 6.45) is 1.42. The second-order valence-electron chi connectivity index (χ2n) is 7.75. The van der Waals surface area contributed by atoms with Crippen LogP contribution >= 0.6 is 0 Å². The van der Waals surface area contributed by atoms with Crippen molar-refractivity contribution in [3.63, 3.8) is 0 Å². The molecule has 0 fully saturated rings. The van der Waals surface area contributed by atoms with Crippen LogP contribution in [0.1, 0.15) is 41.0 Å². The van der Waals surface area contributed by atoms with Crippen LogP contribution < -0.4 is 5.32 Å². The lowest BCUT2D eigenvalue weighted by Gasteiger charge is -2.29. The van der Waals surface area contributed by atoms with E-state index in [1.54, 1.807) is 19.2 Å². The maximum Gasteiger partial charge on any atom is 0.339 e. The number of nitrogens with one attached hydrogen (secondary N) is 1. The van der Waals surface area contributed by atoms with Gasteiger partial charge in [0.1, 0.15) is 5.82 Å². The van der Waals surface area contributed by atoms with Gasteiger partial charge < -0.3 is 10.1 Å². The Morgan fingerprint density at radius 3 is 2.81 bits per heavy atom. The fourth-order valence-electron chi connectivity index (χ4n) is 3.86. The third-order valence-electron chi connectivity index (χ3n) is 5.68. The van der Waals surface area contributed by atoms with Crippen LogP contribution in [0.5, 0.6) is 0 Å². The van der Waals surface area contributed by atoms with Crippen molar-refractivity contribution in [2.45, 2.75) is 39.8 Å². The molecular weight excluding hydrogens is 392 g/mol. The number of aryl methyl sites for hydroxylation is 1. The second kappa shape index (κ2) is 8.81. The molecule has 1 atom stereocenters. The van der Waals surface area contributed by atoms with E-state index in [0.29, 0.717) is 17.9 Å². The Morgan fingerprint density at radius 2 is 2.03 bits per heavy atom. The first-order valence-corrected chi connectivity index (χ1v) is 10.5. The molecule has 1 aliphatic rings. The van der Waals surface area contributed by atoms with Gasteiger partial charge in [0.15, 0.2) is 6.10 Å². The highest BCUT2D eigenvalue weighted by Crippen LogP contribution is 2.29. The number of hydrogen-bond donors (Lipinski definition) is 1. The van der Waals surface area contributed by atoms with Crippen LogP contribution in [0.25, 0.3) is 10.9 Å². The molecule has 0 radical (unpaired) electrons. The Kier molecular flexibility index (Phi) is 5.95. The summed E-state index contributed by atoms with van der Waals surface area (Å²) < 4.78 is 5.63. The van der Waals surface area contributed by atoms with E-state index in [0.717, 1.165) is 47.2 Å². The number of rotatable bonds is 5. The number of pyridine rings is 2. The maximum atomic E-state index is 13.3. The molecule has 0 bridgehead atoms. The van der Waals surface area contributed by atoms with Gasteiger partial charge >= 0.3 is 5.97 Å². The minimum Gasteiger partial charge on any atom is -0.449 e. The minimum absolute atomic E-state index is 0.419. The summed E-state index contributed by atoms with van der Waals surface area (Å²) in [5.41, 5.74) is 3.93. The molecule has 1 aliphatic heterocycles. The van der Waals surface area contributed by atoms with Gasteiger partial charge in [-0.25, -0.2) is 9.78 Å². The van der Waals surface area contributed by atoms with Crippen LogP contribution in [-0.4, -0.2) is 45.9 Å². The summed E-state index contributed by atoms with van der Waals surface area (Å²) in [7, 11) is 0. The van der Waals surface area contributed by atoms with E-state index in [2.05, 4.69) is 22.1 Å². The van der Waals surface area contributed by atoms with Crippen LogP contribution in [0, 0.1) is 6.92 Å². The maximum absolute atomic E-state index is 13.3. The van der Waals surface area contributed by atoms with Crippen molar-refractivity contribution in [1.82, 2.24) is 14.9 Å². The molecule has 3 heterocycles. The Hall–Kier alpha value is -3.32. The van der Waals surface area contributed by atoms with Gasteiger partial charge in [0.2, 0.25) is 0 Å². The molecule has 1 unspecified atom stereocenters. The normalized spacial score (nSPS) is 14.7. The fourth-order valence-corrected chi connectivity index (χ4v) is 3.86. The minimum atomic E-state index is -0.970. The lowest BCUT2D eigenvalue weighted by Crippen LogP contribution is -2.34. The molecule has 0 saturated carbocycles. The van der Waals surface area contributed by atoms with Crippen LogP contribution in [0.15, 0.2) is 42.6 Å². The summed E-state index contributed by atoms with van der Waals surface area (Å²) in [6.45, 7) is 7.97. The lowest BCUT2D eigenvalue weighted by atomic mass is 9.95. The zero-order valence-electron chi connectivity index (χ0n) is 18.0. The van der Waals surface area contributed by atoms with Gasteiger partial charge in [-0.2, -0.15) is 0 Å². The Bertz CT molecular complexity index is 1140. The molecule has 0 aliphatic carbocycles. The number of ether oxygens (including phenoxy) is 1. The number of esters is 1. The first-order valence-electron chi connectivity index (χ1n) is 10.5. The molecule has 1 N–H and O–H groups in total. The average molecular weight is 418 g/mol. The van der Waals surface area contributed by atoms with E-state index in [1.165, 1.54) is 0 Å². The molecule has 4 rings (SSSR count). The van der Waals surface area contributed by atoms with Crippen molar-refractivity contribution in [3.05, 3.63) is 65.0 Å². The fraction of sp³-hybridized carbons (Fsp3) is 0.333. The number of carbonyl (C=O) groups is 2. The van der Waals surface area contributed by atoms with Crippen LogP contribution in [0.2, 0.25) is 0 Å². The van der Waals surface area contributed by atoms with Crippen molar-refractivity contribution in [2.75, 3.05) is 18.4 Å². The van der Waals surface area contributed by atoms with E-state index < -0.39 is 18.0 Å². The molecule has 0 saturated heterocycles. The molecule has 1 amide bonds. The molecule has 7 nitrogen and oxygen atoms in total. The highest BCUT2D eigenvalue weighted by atomic mass is 16.5. The number of fused-ring (bicyclic) bond motifs is 2. The zero-order valence-corrected chi connectivity index (χ0v) is 18.0. The number of benzene rings is 1. The number of amides is 1. The molecule has 31 heavy (non-hydrogen) atoms. The summed E-state index contributed by atoms with van der Waals surface area (Å²) in [4.78, 5) is 37.2. The summed E-state index contributed by atoms with van der Waals surface area (Å²) in [5.74, 6) is -0.466. The van der Waals surface area contributed by atoms with Gasteiger partial charge in [-0.15, -0.1) is 0 Å². The first kappa shape index (κ1) is 20.9. The monoisotopic (exact) mass is 418 g/mol. The van der Waals surface area contributed by atoms with Crippen molar-refractivity contribution in [2.24, 2.45) is 0 Å². The zero-order chi connectivity index (χ0) is 22.0. The Balaban J connectivity index is 1.62. The third kappa shape index (κ3) is 4.27. The smallest absolute Gasteiger partial charge is 0.339 e. The number of anilines is 1. The molecule has 7 heteroatoms. The van der Waals surface area contributed by atoms with Crippen molar-refractivity contribution in [3.8, 4) is 0 Å². The van der Waals surface area contributed by atoms with Gasteiger partial charge in [-0.3, -0.25) is 14.7 Å². The summed E-state index contributed by atoms with van der Waals surface area (Å²) in [5, 5.41) is 3.48. The van der Waals surface area contributed by atoms with Crippen molar-refractivity contribution in [1.29, 1.82) is 0 Å². The van der Waals surface area contributed by atoms with Crippen LogP contribution in [-0.2, 0) is 22.5 Å². The number of para-hydroxylation sites is 1. The quantitative estimate of drug-likeness (QED) is 0.639. The number of carbonyl (C=O) groups excluding carboxylic acids is 2. The number of likely N-dealkylation sites (N-methyl/N-ethyl adjacent to an activating group) is 1. The van der Waals surface area contributed by atoms with Crippen molar-refractivity contribution >= 4 is 28.6 Å². The molecule has 1 aromatic carbocycles. The van der Waals surface area contributed by atoms with E-state index in [1.807, 2.05) is 37.3 Å². The lowest BCUT2D eigenvalue weighted by molar-refractivity contribution is -0.123. The molecule has 160 valence electrons. The summed E-state index contributed by atoms with van der Waals surface area (Å²) >= 11 is 0. The van der Waals surface area contributed by atoms with Crippen molar-refractivity contribution < 1.29 is 14.3 Å². The van der Waals surface area contributed by atoms with Gasteiger partial charge in [0.25, 0.3) is 5.91 Å². The predicted molar refractivity (Wildman–Crippen MR) is 119 cm³/mol. The number of aromatic nitrogens is 2. The van der Waals surface area contributed by atoms with Gasteiger partial charge in [0.05, 0.1) is 11.1 Å². The third-order valence-corrected chi connectivity index (χ3v) is 5.68. The van der Waals surface area contributed by atoms with E-state index in [4.69, 9.17) is 9.72 Å². The average Bonchev–Trinajstić information content (AvgIpc) is 2.78. The second-order valence-corrected chi connectivity index (χ2v) is 7.75. The standard InChI is InChI=1S/C24H26N4O3/c1-4-28-13-11-20-18(14-28)21(17-9-5-6-10-19(17)26-20)24(30)31-16(3)23(29)27-22-15(2)8-7-12-25-22/h5-10,12,16H,4,11,13-14H2,1-3H3,(H,25,27,29). The summed E-state index contributed by atoms with van der Waals surface area (Å²) in [6, 6.07) is 11.2. The highest BCUT2D eigenvalue weighted by Gasteiger charge is 2.28. The highest BCUT2D eigenvalue weighted by molar-refractivity contribution is 6.06. The molecule has 0 spiro atoms. The molecular formula is C24H26N4O3. The van der Waals surface area contributed by atoms with E-state index in [9.17, 15) is 9.59 Å². The topological polar surface area (TPSA) is 84.4 Å². The predicted octanol–water partition coefficient (Wildman–Crippen LogP) is 3.50. The van der Waals surface area contributed by atoms with Crippen LogP contribution in [0.4, 0.5) is 5.82 Å². The van der Waals surface area contributed by atoms with Gasteiger partial charge in [0, 0.05) is 42.4 Å². The van der Waals surface area contributed by atoms with E-state index >= 15 is 0 Å². The number of hydrogen-bond acceptors (Lipinski definition) is 6. The largest absolute Gasteiger partial charge is 0.449 e.